The summed E-state index contributed by atoms with van der Waals surface area (Å²) in [6, 6.07) is -1.07. The molecule has 9 nitrogen and oxygen atoms in total. The summed E-state index contributed by atoms with van der Waals surface area (Å²) < 4.78 is 68.5. The van der Waals surface area contributed by atoms with Gasteiger partial charge in [0.25, 0.3) is 5.92 Å². The van der Waals surface area contributed by atoms with Gasteiger partial charge in [0.1, 0.15) is 12.1 Å². The molecule has 2 aliphatic heterocycles. The van der Waals surface area contributed by atoms with Crippen LogP contribution < -0.4 is 0 Å². The van der Waals surface area contributed by atoms with Gasteiger partial charge in [0, 0.05) is 50.0 Å². The van der Waals surface area contributed by atoms with Gasteiger partial charge in [-0.3, -0.25) is 14.6 Å². The van der Waals surface area contributed by atoms with Crippen LogP contribution in [-0.2, 0) is 23.9 Å². The lowest BCUT2D eigenvalue weighted by Crippen LogP contribution is -2.59. The standard InChI is InChI=1S/C23H32F5N5O4/c1-13-29-16-11-31(8-6-15(16)19(30-13)23(26,27)28)18(35)9-14(33(20(36)37)21(2,3)4)10-32-12-22(24,25)7-5-17(32)34/h14,18,35H,5-12H2,1-4H3,(H,36,37)/t14-,18?/m0/s1. The topological polar surface area (TPSA) is 110 Å². The molecule has 1 aromatic rings. The van der Waals surface area contributed by atoms with E-state index in [0.29, 0.717) is 0 Å². The van der Waals surface area contributed by atoms with Crippen LogP contribution in [0.3, 0.4) is 0 Å². The van der Waals surface area contributed by atoms with Crippen molar-refractivity contribution in [2.75, 3.05) is 19.6 Å². The van der Waals surface area contributed by atoms with E-state index >= 15 is 0 Å². The number of aromatic nitrogens is 2. The number of carbonyl (C=O) groups is 2. The third kappa shape index (κ3) is 6.83. The second-order valence-electron chi connectivity index (χ2n) is 10.6. The second-order valence-corrected chi connectivity index (χ2v) is 10.6. The number of amides is 2. The summed E-state index contributed by atoms with van der Waals surface area (Å²) in [5.41, 5.74) is -1.96. The molecule has 2 amide bonds. The van der Waals surface area contributed by atoms with E-state index in [4.69, 9.17) is 0 Å². The molecule has 37 heavy (non-hydrogen) atoms. The minimum atomic E-state index is -4.67. The van der Waals surface area contributed by atoms with Crippen molar-refractivity contribution in [3.05, 3.63) is 22.8 Å². The van der Waals surface area contributed by atoms with E-state index in [-0.39, 0.29) is 56.0 Å². The van der Waals surface area contributed by atoms with Gasteiger partial charge in [0.05, 0.1) is 18.3 Å². The highest BCUT2D eigenvalue weighted by atomic mass is 19.4. The van der Waals surface area contributed by atoms with Crippen LogP contribution in [0.1, 0.15) is 62.8 Å². The highest BCUT2D eigenvalue weighted by Gasteiger charge is 2.43. The van der Waals surface area contributed by atoms with Crippen LogP contribution in [0.15, 0.2) is 0 Å². The van der Waals surface area contributed by atoms with Gasteiger partial charge in [-0.1, -0.05) is 0 Å². The molecular formula is C23H32F5N5O4. The van der Waals surface area contributed by atoms with Gasteiger partial charge in [-0.2, -0.15) is 13.2 Å². The molecule has 0 bridgehead atoms. The van der Waals surface area contributed by atoms with E-state index in [0.717, 1.165) is 9.80 Å². The van der Waals surface area contributed by atoms with Crippen molar-refractivity contribution in [3.8, 4) is 0 Å². The summed E-state index contributed by atoms with van der Waals surface area (Å²) in [5, 5.41) is 21.0. The quantitative estimate of drug-likeness (QED) is 0.536. The molecular weight excluding hydrogens is 505 g/mol. The molecule has 2 N–H and O–H groups in total. The van der Waals surface area contributed by atoms with Crippen molar-refractivity contribution >= 4 is 12.0 Å². The first-order valence-electron chi connectivity index (χ1n) is 11.9. The van der Waals surface area contributed by atoms with Gasteiger partial charge in [0.15, 0.2) is 5.69 Å². The zero-order valence-corrected chi connectivity index (χ0v) is 21.1. The molecule has 0 aliphatic carbocycles. The number of aliphatic hydroxyl groups excluding tert-OH is 1. The SMILES string of the molecule is Cc1nc2c(c(C(F)(F)F)n1)CCN(C(O)C[C@@H](CN1CC(F)(F)CCC1=O)N(C(=O)O)C(C)(C)C)C2. The first-order chi connectivity index (χ1) is 16.9. The fourth-order valence-corrected chi connectivity index (χ4v) is 5.02. The Hall–Kier alpha value is -2.61. The Bertz CT molecular complexity index is 1030. The minimum Gasteiger partial charge on any atom is -0.465 e. The van der Waals surface area contributed by atoms with Crippen LogP contribution in [0.2, 0.25) is 0 Å². The molecule has 0 aromatic carbocycles. The van der Waals surface area contributed by atoms with Crippen molar-refractivity contribution < 1.29 is 41.8 Å². The van der Waals surface area contributed by atoms with Crippen LogP contribution in [0.4, 0.5) is 26.7 Å². The molecule has 3 rings (SSSR count). The van der Waals surface area contributed by atoms with Crippen molar-refractivity contribution in [2.24, 2.45) is 0 Å². The fraction of sp³-hybridized carbons (Fsp3) is 0.739. The average Bonchev–Trinajstić information content (AvgIpc) is 2.73. The van der Waals surface area contributed by atoms with Crippen LogP contribution in [0.25, 0.3) is 0 Å². The van der Waals surface area contributed by atoms with E-state index in [1.165, 1.54) is 11.8 Å². The van der Waals surface area contributed by atoms with Crippen molar-refractivity contribution in [2.45, 2.75) is 89.8 Å². The molecule has 2 aliphatic rings. The van der Waals surface area contributed by atoms with E-state index in [9.17, 15) is 41.8 Å². The van der Waals surface area contributed by atoms with Gasteiger partial charge >= 0.3 is 12.3 Å². The molecule has 0 radical (unpaired) electrons. The first-order valence-corrected chi connectivity index (χ1v) is 11.9. The predicted molar refractivity (Wildman–Crippen MR) is 121 cm³/mol. The third-order valence-corrected chi connectivity index (χ3v) is 6.58. The number of rotatable bonds is 6. The summed E-state index contributed by atoms with van der Waals surface area (Å²) in [6.45, 7) is 4.79. The van der Waals surface area contributed by atoms with Gasteiger partial charge in [-0.25, -0.2) is 23.5 Å². The molecule has 14 heteroatoms. The highest BCUT2D eigenvalue weighted by Crippen LogP contribution is 2.35. The number of fused-ring (bicyclic) bond motifs is 1. The summed E-state index contributed by atoms with van der Waals surface area (Å²) in [5.74, 6) is -3.73. The summed E-state index contributed by atoms with van der Waals surface area (Å²) in [4.78, 5) is 35.6. The van der Waals surface area contributed by atoms with Crippen LogP contribution in [0.5, 0.6) is 0 Å². The number of piperidine rings is 1. The molecule has 3 heterocycles. The zero-order valence-electron chi connectivity index (χ0n) is 21.1. The van der Waals surface area contributed by atoms with E-state index in [1.807, 2.05) is 0 Å². The lowest BCUT2D eigenvalue weighted by molar-refractivity contribution is -0.149. The van der Waals surface area contributed by atoms with Crippen molar-refractivity contribution in [3.63, 3.8) is 0 Å². The Morgan fingerprint density at radius 3 is 2.41 bits per heavy atom. The van der Waals surface area contributed by atoms with E-state index in [2.05, 4.69) is 9.97 Å². The second kappa shape index (κ2) is 10.3. The third-order valence-electron chi connectivity index (χ3n) is 6.58. The maximum Gasteiger partial charge on any atom is 0.433 e. The smallest absolute Gasteiger partial charge is 0.433 e. The van der Waals surface area contributed by atoms with E-state index < -0.39 is 60.6 Å². The lowest BCUT2D eigenvalue weighted by Gasteiger charge is -2.44. The Balaban J connectivity index is 1.86. The molecule has 1 fully saturated rings. The summed E-state index contributed by atoms with van der Waals surface area (Å²) in [6.07, 6.45) is -8.69. The normalized spacial score (nSPS) is 20.4. The number of hydrogen-bond donors (Lipinski definition) is 2. The molecule has 1 unspecified atom stereocenters. The first kappa shape index (κ1) is 29.0. The summed E-state index contributed by atoms with van der Waals surface area (Å²) in [7, 11) is 0. The number of hydrogen-bond acceptors (Lipinski definition) is 6. The Morgan fingerprint density at radius 2 is 1.84 bits per heavy atom. The molecule has 0 spiro atoms. The average molecular weight is 538 g/mol. The monoisotopic (exact) mass is 537 g/mol. The van der Waals surface area contributed by atoms with Gasteiger partial charge in [-0.15, -0.1) is 0 Å². The fourth-order valence-electron chi connectivity index (χ4n) is 5.02. The van der Waals surface area contributed by atoms with Crippen molar-refractivity contribution in [1.82, 2.24) is 24.7 Å². The highest BCUT2D eigenvalue weighted by molar-refractivity contribution is 5.77. The van der Waals surface area contributed by atoms with Crippen molar-refractivity contribution in [1.29, 1.82) is 0 Å². The minimum absolute atomic E-state index is 0.0136. The molecule has 208 valence electrons. The zero-order chi connectivity index (χ0) is 27.9. The number of alkyl halides is 5. The van der Waals surface area contributed by atoms with Crippen LogP contribution in [-0.4, -0.2) is 90.2 Å². The number of carboxylic acid groups (broad SMARTS) is 1. The molecule has 1 saturated heterocycles. The Labute approximate surface area is 211 Å². The van der Waals surface area contributed by atoms with Gasteiger partial charge < -0.3 is 15.1 Å². The maximum absolute atomic E-state index is 14.0. The van der Waals surface area contributed by atoms with Crippen LogP contribution in [0, 0.1) is 6.92 Å². The molecule has 2 atom stereocenters. The molecule has 1 aromatic heterocycles. The number of aliphatic hydroxyl groups is 1. The lowest BCUT2D eigenvalue weighted by atomic mass is 9.97. The number of likely N-dealkylation sites (tertiary alicyclic amines) is 1. The Morgan fingerprint density at radius 1 is 1.19 bits per heavy atom. The number of halogens is 5. The molecule has 0 saturated carbocycles. The number of aryl methyl sites for hydroxylation is 1. The number of nitrogens with zero attached hydrogens (tertiary/aromatic N) is 5. The largest absolute Gasteiger partial charge is 0.465 e. The summed E-state index contributed by atoms with van der Waals surface area (Å²) >= 11 is 0. The predicted octanol–water partition coefficient (Wildman–Crippen LogP) is 3.28. The number of carbonyl (C=O) groups excluding carboxylic acids is 1. The Kier molecular flexibility index (Phi) is 8.04. The van der Waals surface area contributed by atoms with Crippen LogP contribution >= 0.6 is 0 Å². The maximum atomic E-state index is 14.0. The van der Waals surface area contributed by atoms with E-state index in [1.54, 1.807) is 20.8 Å². The van der Waals surface area contributed by atoms with Gasteiger partial charge in [0.2, 0.25) is 5.91 Å². The van der Waals surface area contributed by atoms with Gasteiger partial charge in [-0.05, 0) is 34.1 Å².